The number of hydrogen-bond acceptors (Lipinski definition) is 3. The zero-order chi connectivity index (χ0) is 13.2. The summed E-state index contributed by atoms with van der Waals surface area (Å²) in [5, 5.41) is 9.10. The second kappa shape index (κ2) is 4.79. The van der Waals surface area contributed by atoms with Crippen LogP contribution in [-0.2, 0) is 4.79 Å². The van der Waals surface area contributed by atoms with Gasteiger partial charge in [0, 0.05) is 18.7 Å². The number of carboxylic acids is 1. The molecule has 1 rings (SSSR count). The molecule has 0 aliphatic rings. The van der Waals surface area contributed by atoms with E-state index in [4.69, 9.17) is 21.1 Å². The molecule has 5 nitrogen and oxygen atoms in total. The van der Waals surface area contributed by atoms with Crippen LogP contribution in [0, 0.1) is 0 Å². The first kappa shape index (κ1) is 13.6. The normalized spacial score (nSPS) is 11.3. The molecule has 1 heterocycles. The lowest BCUT2D eigenvalue weighted by Crippen LogP contribution is -2.46. The Hall–Kier alpha value is -1.49. The largest absolute Gasteiger partial charge is 0.481 e. The summed E-state index contributed by atoms with van der Waals surface area (Å²) in [5.41, 5.74) is -0.803. The number of carbonyl (C=O) groups excluding carboxylic acids is 1. The van der Waals surface area contributed by atoms with Crippen molar-refractivity contribution in [1.82, 2.24) is 4.90 Å². The molecule has 0 saturated heterocycles. The minimum absolute atomic E-state index is 0.0935. The van der Waals surface area contributed by atoms with Gasteiger partial charge in [0.2, 0.25) is 0 Å². The van der Waals surface area contributed by atoms with Crippen molar-refractivity contribution in [2.45, 2.75) is 25.8 Å². The fourth-order valence-electron chi connectivity index (χ4n) is 1.35. The summed E-state index contributed by atoms with van der Waals surface area (Å²) in [6, 6.07) is 1.40. The second-order valence-electron chi connectivity index (χ2n) is 4.38. The van der Waals surface area contributed by atoms with Gasteiger partial charge in [0.25, 0.3) is 5.91 Å². The van der Waals surface area contributed by atoms with Crippen LogP contribution < -0.4 is 0 Å². The summed E-state index contributed by atoms with van der Waals surface area (Å²) in [5.74, 6) is -1.27. The first-order valence-electron chi connectivity index (χ1n) is 4.98. The van der Waals surface area contributed by atoms with E-state index in [1.165, 1.54) is 24.3 Å². The molecule has 0 radical (unpaired) electrons. The van der Waals surface area contributed by atoms with Gasteiger partial charge in [-0.25, -0.2) is 0 Å². The molecule has 0 aromatic carbocycles. The van der Waals surface area contributed by atoms with Gasteiger partial charge in [-0.1, -0.05) is 11.6 Å². The summed E-state index contributed by atoms with van der Waals surface area (Å²) < 4.78 is 4.98. The highest BCUT2D eigenvalue weighted by atomic mass is 35.5. The summed E-state index contributed by atoms with van der Waals surface area (Å²) >= 11 is 5.65. The van der Waals surface area contributed by atoms with Gasteiger partial charge in [-0.15, -0.1) is 0 Å². The summed E-state index contributed by atoms with van der Waals surface area (Å²) in [6.45, 7) is 3.34. The van der Waals surface area contributed by atoms with Crippen molar-refractivity contribution < 1.29 is 19.1 Å². The lowest BCUT2D eigenvalue weighted by Gasteiger charge is -2.33. The maximum atomic E-state index is 12.0. The van der Waals surface area contributed by atoms with Crippen molar-refractivity contribution >= 4 is 23.5 Å². The third kappa shape index (κ3) is 3.23. The quantitative estimate of drug-likeness (QED) is 0.900. The molecule has 1 aromatic heterocycles. The predicted molar refractivity (Wildman–Crippen MR) is 62.1 cm³/mol. The predicted octanol–water partition coefficient (Wildman–Crippen LogP) is 2.26. The Morgan fingerprint density at radius 3 is 2.53 bits per heavy atom. The zero-order valence-electron chi connectivity index (χ0n) is 9.86. The van der Waals surface area contributed by atoms with E-state index >= 15 is 0 Å². The van der Waals surface area contributed by atoms with Gasteiger partial charge >= 0.3 is 5.97 Å². The Morgan fingerprint density at radius 1 is 1.53 bits per heavy atom. The van der Waals surface area contributed by atoms with Gasteiger partial charge in [-0.3, -0.25) is 9.59 Å². The Kier molecular flexibility index (Phi) is 3.83. The van der Waals surface area contributed by atoms with Crippen LogP contribution in [0.5, 0.6) is 0 Å². The molecule has 0 spiro atoms. The standard InChI is InChI=1S/C11H14ClNO4/c1-11(2,5-9(14)15)13(3)10(16)8-4-7(12)6-17-8/h4,6H,5H2,1-3H3,(H,14,15). The van der Waals surface area contributed by atoms with Crippen LogP contribution >= 0.6 is 11.6 Å². The van der Waals surface area contributed by atoms with Crippen LogP contribution in [0.25, 0.3) is 0 Å². The van der Waals surface area contributed by atoms with Gasteiger partial charge in [0.1, 0.15) is 6.26 Å². The lowest BCUT2D eigenvalue weighted by atomic mass is 9.98. The Morgan fingerprint density at radius 2 is 2.12 bits per heavy atom. The molecular weight excluding hydrogens is 246 g/mol. The minimum Gasteiger partial charge on any atom is -0.481 e. The van der Waals surface area contributed by atoms with Crippen LogP contribution in [0.1, 0.15) is 30.8 Å². The maximum Gasteiger partial charge on any atom is 0.305 e. The van der Waals surface area contributed by atoms with Gasteiger partial charge in [0.05, 0.1) is 11.4 Å². The average molecular weight is 260 g/mol. The van der Waals surface area contributed by atoms with Crippen LogP contribution in [0.2, 0.25) is 5.02 Å². The van der Waals surface area contributed by atoms with Crippen LogP contribution in [0.3, 0.4) is 0 Å². The molecule has 1 N–H and O–H groups in total. The summed E-state index contributed by atoms with van der Waals surface area (Å²) in [7, 11) is 1.53. The molecule has 6 heteroatoms. The molecule has 0 aliphatic heterocycles. The smallest absolute Gasteiger partial charge is 0.305 e. The number of furan rings is 1. The number of hydrogen-bond donors (Lipinski definition) is 1. The number of nitrogens with zero attached hydrogens (tertiary/aromatic N) is 1. The minimum atomic E-state index is -0.966. The monoisotopic (exact) mass is 259 g/mol. The van der Waals surface area contributed by atoms with Crippen molar-refractivity contribution in [1.29, 1.82) is 0 Å². The van der Waals surface area contributed by atoms with E-state index in [9.17, 15) is 9.59 Å². The number of aliphatic carboxylic acids is 1. The average Bonchev–Trinajstić information content (AvgIpc) is 2.60. The molecule has 0 aliphatic carbocycles. The topological polar surface area (TPSA) is 70.8 Å². The molecule has 0 bridgehead atoms. The number of carboxylic acid groups (broad SMARTS) is 1. The molecule has 94 valence electrons. The third-order valence-corrected chi connectivity index (χ3v) is 2.77. The molecular formula is C11H14ClNO4. The van der Waals surface area contributed by atoms with E-state index in [2.05, 4.69) is 0 Å². The molecule has 1 aromatic rings. The number of amides is 1. The van der Waals surface area contributed by atoms with E-state index < -0.39 is 17.4 Å². The van der Waals surface area contributed by atoms with Crippen LogP contribution in [0.15, 0.2) is 16.7 Å². The fourth-order valence-corrected chi connectivity index (χ4v) is 1.50. The fraction of sp³-hybridized carbons (Fsp3) is 0.455. The van der Waals surface area contributed by atoms with Crippen molar-refractivity contribution in [3.63, 3.8) is 0 Å². The van der Waals surface area contributed by atoms with E-state index in [0.29, 0.717) is 5.02 Å². The van der Waals surface area contributed by atoms with E-state index in [-0.39, 0.29) is 12.2 Å². The molecule has 1 amide bonds. The maximum absolute atomic E-state index is 12.0. The Bertz CT molecular complexity index is 438. The second-order valence-corrected chi connectivity index (χ2v) is 4.81. The molecule has 0 fully saturated rings. The van der Waals surface area contributed by atoms with E-state index in [1.807, 2.05) is 0 Å². The molecule has 0 unspecified atom stereocenters. The summed E-state index contributed by atoms with van der Waals surface area (Å²) in [4.78, 5) is 24.0. The highest BCUT2D eigenvalue weighted by Crippen LogP contribution is 2.21. The molecule has 17 heavy (non-hydrogen) atoms. The van der Waals surface area contributed by atoms with Crippen LogP contribution in [-0.4, -0.2) is 34.5 Å². The summed E-state index contributed by atoms with van der Waals surface area (Å²) in [6.07, 6.45) is 1.11. The van der Waals surface area contributed by atoms with Crippen molar-refractivity contribution in [2.75, 3.05) is 7.05 Å². The van der Waals surface area contributed by atoms with Crippen molar-refractivity contribution in [3.05, 3.63) is 23.1 Å². The SMILES string of the molecule is CN(C(=O)c1cc(Cl)co1)C(C)(C)CC(=O)O. The lowest BCUT2D eigenvalue weighted by molar-refractivity contribution is -0.139. The van der Waals surface area contributed by atoms with Crippen LogP contribution in [0.4, 0.5) is 0 Å². The Balaban J connectivity index is 2.86. The highest BCUT2D eigenvalue weighted by molar-refractivity contribution is 6.30. The van der Waals surface area contributed by atoms with Gasteiger partial charge < -0.3 is 14.4 Å². The van der Waals surface area contributed by atoms with E-state index in [0.717, 1.165) is 0 Å². The number of halogens is 1. The molecule has 0 saturated carbocycles. The third-order valence-electron chi connectivity index (χ3n) is 2.57. The number of rotatable bonds is 4. The Labute approximate surface area is 104 Å². The van der Waals surface area contributed by atoms with E-state index in [1.54, 1.807) is 13.8 Å². The highest BCUT2D eigenvalue weighted by Gasteiger charge is 2.32. The first-order valence-corrected chi connectivity index (χ1v) is 5.36. The number of carbonyl (C=O) groups is 2. The van der Waals surface area contributed by atoms with Crippen molar-refractivity contribution in [2.24, 2.45) is 0 Å². The first-order chi connectivity index (χ1) is 7.74. The zero-order valence-corrected chi connectivity index (χ0v) is 10.6. The van der Waals surface area contributed by atoms with Crippen molar-refractivity contribution in [3.8, 4) is 0 Å². The van der Waals surface area contributed by atoms with Gasteiger partial charge in [0.15, 0.2) is 5.76 Å². The molecule has 0 atom stereocenters. The van der Waals surface area contributed by atoms with Gasteiger partial charge in [-0.05, 0) is 13.8 Å². The van der Waals surface area contributed by atoms with Gasteiger partial charge in [-0.2, -0.15) is 0 Å².